The minimum atomic E-state index is -4.56. The van der Waals surface area contributed by atoms with Crippen molar-refractivity contribution in [3.8, 4) is 5.75 Å². The van der Waals surface area contributed by atoms with Crippen LogP contribution in [0.2, 0.25) is 5.02 Å². The van der Waals surface area contributed by atoms with Gasteiger partial charge in [0.05, 0.1) is 34.5 Å². The van der Waals surface area contributed by atoms with Gasteiger partial charge in [-0.15, -0.1) is 0 Å². The second kappa shape index (κ2) is 8.32. The maximum absolute atomic E-state index is 12.9. The molecule has 2 aromatic rings. The molecule has 0 bridgehead atoms. The first-order valence-corrected chi connectivity index (χ1v) is 9.28. The Hall–Kier alpha value is -2.74. The van der Waals surface area contributed by atoms with Gasteiger partial charge in [-0.05, 0) is 37.3 Å². The van der Waals surface area contributed by atoms with E-state index in [0.29, 0.717) is 18.0 Å². The van der Waals surface area contributed by atoms with Crippen molar-refractivity contribution in [3.05, 3.63) is 53.1 Å². The number of rotatable bonds is 5. The maximum Gasteiger partial charge on any atom is 0.416 e. The summed E-state index contributed by atoms with van der Waals surface area (Å²) < 4.78 is 44.3. The van der Waals surface area contributed by atoms with Crippen LogP contribution < -0.4 is 15.0 Å². The molecule has 1 saturated heterocycles. The first-order chi connectivity index (χ1) is 13.7. The van der Waals surface area contributed by atoms with Gasteiger partial charge in [0.1, 0.15) is 5.75 Å². The number of benzene rings is 2. The molecule has 1 aliphatic rings. The highest BCUT2D eigenvalue weighted by Crippen LogP contribution is 2.36. The van der Waals surface area contributed by atoms with Crippen LogP contribution in [0.15, 0.2) is 42.5 Å². The Morgan fingerprint density at radius 2 is 2.00 bits per heavy atom. The molecule has 5 nitrogen and oxygen atoms in total. The van der Waals surface area contributed by atoms with Crippen molar-refractivity contribution in [1.82, 2.24) is 0 Å². The van der Waals surface area contributed by atoms with Crippen LogP contribution in [0.5, 0.6) is 5.75 Å². The zero-order valence-corrected chi connectivity index (χ0v) is 16.2. The monoisotopic (exact) mass is 426 g/mol. The Morgan fingerprint density at radius 1 is 1.28 bits per heavy atom. The van der Waals surface area contributed by atoms with Gasteiger partial charge in [-0.25, -0.2) is 0 Å². The molecule has 0 aromatic heterocycles. The molecule has 0 radical (unpaired) electrons. The van der Waals surface area contributed by atoms with Gasteiger partial charge in [0.2, 0.25) is 11.8 Å². The van der Waals surface area contributed by atoms with Crippen molar-refractivity contribution in [1.29, 1.82) is 0 Å². The average Bonchev–Trinajstić information content (AvgIpc) is 3.05. The molecule has 0 aliphatic carbocycles. The number of carbonyl (C=O) groups excluding carboxylic acids is 2. The molecule has 2 aromatic carbocycles. The number of amides is 2. The fourth-order valence-electron chi connectivity index (χ4n) is 3.11. The number of nitrogens with one attached hydrogen (secondary N) is 1. The average molecular weight is 427 g/mol. The molecule has 1 heterocycles. The summed E-state index contributed by atoms with van der Waals surface area (Å²) in [7, 11) is 0. The van der Waals surface area contributed by atoms with Crippen molar-refractivity contribution in [2.24, 2.45) is 5.92 Å². The molecule has 154 valence electrons. The minimum absolute atomic E-state index is 0.0192. The van der Waals surface area contributed by atoms with Gasteiger partial charge in [0, 0.05) is 13.0 Å². The third kappa shape index (κ3) is 4.64. The topological polar surface area (TPSA) is 58.6 Å². The molecular formula is C20H18ClF3N2O3. The molecule has 9 heteroatoms. The number of para-hydroxylation sites is 2. The normalized spacial score (nSPS) is 16.8. The molecule has 1 N–H and O–H groups in total. The number of hydrogen-bond donors (Lipinski definition) is 1. The molecule has 1 atom stereocenters. The molecule has 0 spiro atoms. The van der Waals surface area contributed by atoms with Gasteiger partial charge < -0.3 is 15.0 Å². The van der Waals surface area contributed by atoms with E-state index in [1.54, 1.807) is 24.3 Å². The summed E-state index contributed by atoms with van der Waals surface area (Å²) in [5, 5.41) is 2.40. The van der Waals surface area contributed by atoms with Crippen LogP contribution in [0.3, 0.4) is 0 Å². The summed E-state index contributed by atoms with van der Waals surface area (Å²) >= 11 is 5.93. The van der Waals surface area contributed by atoms with Crippen molar-refractivity contribution in [2.45, 2.75) is 19.5 Å². The highest BCUT2D eigenvalue weighted by molar-refractivity contribution is 6.33. The molecular weight excluding hydrogens is 409 g/mol. The second-order valence-corrected chi connectivity index (χ2v) is 6.89. The van der Waals surface area contributed by atoms with Crippen LogP contribution in [-0.4, -0.2) is 25.0 Å². The summed E-state index contributed by atoms with van der Waals surface area (Å²) in [5.41, 5.74) is -0.522. The number of hydrogen-bond acceptors (Lipinski definition) is 3. The molecule has 0 unspecified atom stereocenters. The van der Waals surface area contributed by atoms with Crippen LogP contribution in [0.25, 0.3) is 0 Å². The predicted molar refractivity (Wildman–Crippen MR) is 103 cm³/mol. The molecule has 3 rings (SSSR count). The van der Waals surface area contributed by atoms with Crippen LogP contribution >= 0.6 is 11.6 Å². The summed E-state index contributed by atoms with van der Waals surface area (Å²) in [6.45, 7) is 2.32. The maximum atomic E-state index is 12.9. The summed E-state index contributed by atoms with van der Waals surface area (Å²) in [4.78, 5) is 26.5. The van der Waals surface area contributed by atoms with Crippen molar-refractivity contribution >= 4 is 34.8 Å². The molecule has 0 saturated carbocycles. The van der Waals surface area contributed by atoms with Gasteiger partial charge in [0.15, 0.2) is 0 Å². The standard InChI is InChI=1S/C20H18ClF3N2O3/c1-2-29-17-6-4-3-5-16(17)26-11-12(9-18(26)27)19(28)25-15-10-13(20(22,23)24)7-8-14(15)21/h3-8,10,12H,2,9,11H2,1H3,(H,25,28)/t12-/m1/s1. The summed E-state index contributed by atoms with van der Waals surface area (Å²) in [6.07, 6.45) is -4.63. The zero-order chi connectivity index (χ0) is 21.2. The van der Waals surface area contributed by atoms with Gasteiger partial charge in [-0.2, -0.15) is 13.2 Å². The smallest absolute Gasteiger partial charge is 0.416 e. The van der Waals surface area contributed by atoms with E-state index in [2.05, 4.69) is 5.32 Å². The minimum Gasteiger partial charge on any atom is -0.492 e. The van der Waals surface area contributed by atoms with Gasteiger partial charge >= 0.3 is 6.18 Å². The predicted octanol–water partition coefficient (Wildman–Crippen LogP) is 4.75. The van der Waals surface area contributed by atoms with Crippen LogP contribution in [0.1, 0.15) is 18.9 Å². The van der Waals surface area contributed by atoms with E-state index in [4.69, 9.17) is 16.3 Å². The molecule has 1 fully saturated rings. The van der Waals surface area contributed by atoms with Crippen molar-refractivity contribution in [3.63, 3.8) is 0 Å². The lowest BCUT2D eigenvalue weighted by atomic mass is 10.1. The number of halogens is 4. The van der Waals surface area contributed by atoms with Crippen LogP contribution in [0, 0.1) is 5.92 Å². The Labute approximate surface area is 170 Å². The highest BCUT2D eigenvalue weighted by atomic mass is 35.5. The number of ether oxygens (including phenoxy) is 1. The lowest BCUT2D eigenvalue weighted by Crippen LogP contribution is -2.28. The molecule has 2 amide bonds. The largest absolute Gasteiger partial charge is 0.492 e. The van der Waals surface area contributed by atoms with Gasteiger partial charge in [0.25, 0.3) is 0 Å². The molecule has 1 aliphatic heterocycles. The third-order valence-corrected chi connectivity index (χ3v) is 4.83. The number of carbonyl (C=O) groups is 2. The third-order valence-electron chi connectivity index (χ3n) is 4.50. The van der Waals surface area contributed by atoms with Gasteiger partial charge in [-0.3, -0.25) is 9.59 Å². The van der Waals surface area contributed by atoms with E-state index < -0.39 is 23.6 Å². The summed E-state index contributed by atoms with van der Waals surface area (Å²) in [5.74, 6) is -1.06. The fraction of sp³-hybridized carbons (Fsp3) is 0.300. The van der Waals surface area contributed by atoms with E-state index >= 15 is 0 Å². The Morgan fingerprint density at radius 3 is 2.69 bits per heavy atom. The fourth-order valence-corrected chi connectivity index (χ4v) is 3.27. The molecule has 29 heavy (non-hydrogen) atoms. The highest BCUT2D eigenvalue weighted by Gasteiger charge is 2.37. The van der Waals surface area contributed by atoms with E-state index in [1.165, 1.54) is 4.90 Å². The van der Waals surface area contributed by atoms with Gasteiger partial charge in [-0.1, -0.05) is 23.7 Å². The quantitative estimate of drug-likeness (QED) is 0.750. The zero-order valence-electron chi connectivity index (χ0n) is 15.4. The Kier molecular flexibility index (Phi) is 6.02. The number of nitrogens with zero attached hydrogens (tertiary/aromatic N) is 1. The van der Waals surface area contributed by atoms with Crippen molar-refractivity contribution in [2.75, 3.05) is 23.4 Å². The lowest BCUT2D eigenvalue weighted by molar-refractivity contribution is -0.137. The Balaban J connectivity index is 1.77. The van der Waals surface area contributed by atoms with E-state index in [1.807, 2.05) is 6.92 Å². The number of anilines is 2. The van der Waals surface area contributed by atoms with E-state index in [-0.39, 0.29) is 29.6 Å². The first-order valence-electron chi connectivity index (χ1n) is 8.90. The van der Waals surface area contributed by atoms with E-state index in [9.17, 15) is 22.8 Å². The SMILES string of the molecule is CCOc1ccccc1N1C[C@H](C(=O)Nc2cc(C(F)(F)F)ccc2Cl)CC1=O. The van der Waals surface area contributed by atoms with Crippen LogP contribution in [0.4, 0.5) is 24.5 Å². The van der Waals surface area contributed by atoms with E-state index in [0.717, 1.165) is 18.2 Å². The van der Waals surface area contributed by atoms with Crippen molar-refractivity contribution < 1.29 is 27.5 Å². The number of alkyl halides is 3. The summed E-state index contributed by atoms with van der Waals surface area (Å²) in [6, 6.07) is 9.65. The lowest BCUT2D eigenvalue weighted by Gasteiger charge is -2.20. The second-order valence-electron chi connectivity index (χ2n) is 6.49. The first kappa shape index (κ1) is 21.0. The Bertz CT molecular complexity index is 933. The van der Waals surface area contributed by atoms with Crippen LogP contribution in [-0.2, 0) is 15.8 Å².